The first kappa shape index (κ1) is 7.30. The summed E-state index contributed by atoms with van der Waals surface area (Å²) in [6.07, 6.45) is 3.78. The summed E-state index contributed by atoms with van der Waals surface area (Å²) >= 11 is 0. The maximum atomic E-state index is 8.64. The Balaban J connectivity index is 2.20. The van der Waals surface area contributed by atoms with Gasteiger partial charge in [-0.3, -0.25) is 0 Å². The molecular formula is C8H12N2. The van der Waals surface area contributed by atoms with E-state index in [2.05, 4.69) is 18.0 Å². The van der Waals surface area contributed by atoms with Crippen molar-refractivity contribution in [2.24, 2.45) is 5.92 Å². The molecule has 1 heterocycles. The molecule has 0 amide bonds. The number of nitrogens with zero attached hydrogens (tertiary/aromatic N) is 1. The minimum atomic E-state index is 0.206. The lowest BCUT2D eigenvalue weighted by Gasteiger charge is -2.01. The molecule has 10 heavy (non-hydrogen) atoms. The molecule has 0 aliphatic carbocycles. The number of nitriles is 1. The number of rotatable bonds is 4. The molecule has 54 valence electrons. The minimum absolute atomic E-state index is 0.206. The molecule has 0 radical (unpaired) electrons. The van der Waals surface area contributed by atoms with Crippen LogP contribution < -0.4 is 5.32 Å². The van der Waals surface area contributed by atoms with Gasteiger partial charge in [0.1, 0.15) is 0 Å². The van der Waals surface area contributed by atoms with Crippen molar-refractivity contribution in [3.05, 3.63) is 12.7 Å². The van der Waals surface area contributed by atoms with Crippen molar-refractivity contribution in [3.63, 3.8) is 0 Å². The van der Waals surface area contributed by atoms with E-state index in [9.17, 15) is 0 Å². The van der Waals surface area contributed by atoms with Crippen molar-refractivity contribution in [2.75, 3.05) is 6.54 Å². The van der Waals surface area contributed by atoms with E-state index in [4.69, 9.17) is 5.26 Å². The predicted molar refractivity (Wildman–Crippen MR) is 40.3 cm³/mol. The zero-order valence-electron chi connectivity index (χ0n) is 6.01. The number of hydrogen-bond acceptors (Lipinski definition) is 2. The molecule has 1 aliphatic rings. The summed E-state index contributed by atoms with van der Waals surface area (Å²) in [4.78, 5) is 0. The van der Waals surface area contributed by atoms with Gasteiger partial charge in [-0.05, 0) is 12.8 Å². The van der Waals surface area contributed by atoms with Crippen LogP contribution in [-0.2, 0) is 0 Å². The van der Waals surface area contributed by atoms with E-state index in [0.29, 0.717) is 6.04 Å². The van der Waals surface area contributed by atoms with Crippen LogP contribution in [0.2, 0.25) is 0 Å². The lowest BCUT2D eigenvalue weighted by Crippen LogP contribution is -2.07. The van der Waals surface area contributed by atoms with Crippen molar-refractivity contribution in [1.82, 2.24) is 5.32 Å². The van der Waals surface area contributed by atoms with Crippen LogP contribution in [-0.4, -0.2) is 12.6 Å². The quantitative estimate of drug-likeness (QED) is 0.464. The molecule has 1 N–H and O–H groups in total. The molecule has 1 aliphatic heterocycles. The van der Waals surface area contributed by atoms with Gasteiger partial charge in [0, 0.05) is 12.6 Å². The van der Waals surface area contributed by atoms with Gasteiger partial charge in [-0.1, -0.05) is 6.08 Å². The van der Waals surface area contributed by atoms with E-state index in [1.54, 1.807) is 0 Å². The van der Waals surface area contributed by atoms with Crippen molar-refractivity contribution in [2.45, 2.75) is 18.9 Å². The number of allylic oxidation sites excluding steroid dienone is 1. The van der Waals surface area contributed by atoms with Gasteiger partial charge in [-0.2, -0.15) is 5.26 Å². The average Bonchev–Trinajstić information content (AvgIpc) is 2.73. The van der Waals surface area contributed by atoms with Crippen molar-refractivity contribution < 1.29 is 0 Å². The molecule has 0 bridgehead atoms. The van der Waals surface area contributed by atoms with Crippen LogP contribution >= 0.6 is 0 Å². The predicted octanol–water partition coefficient (Wildman–Crippen LogP) is 1.06. The molecule has 2 unspecified atom stereocenters. The zero-order chi connectivity index (χ0) is 7.40. The Kier molecular flexibility index (Phi) is 2.47. The number of nitrogens with one attached hydrogen (secondary N) is 1. The molecule has 0 aromatic carbocycles. The molecule has 0 saturated carbocycles. The molecule has 0 aromatic rings. The molecule has 2 heteroatoms. The van der Waals surface area contributed by atoms with E-state index in [0.717, 1.165) is 19.4 Å². The van der Waals surface area contributed by atoms with Gasteiger partial charge in [0.15, 0.2) is 0 Å². The Morgan fingerprint density at radius 3 is 3.00 bits per heavy atom. The topological polar surface area (TPSA) is 45.7 Å². The van der Waals surface area contributed by atoms with E-state index >= 15 is 0 Å². The first-order chi connectivity index (χ1) is 4.88. The highest BCUT2D eigenvalue weighted by molar-refractivity contribution is 5.01. The summed E-state index contributed by atoms with van der Waals surface area (Å²) < 4.78 is 0. The summed E-state index contributed by atoms with van der Waals surface area (Å²) in [6.45, 7) is 4.64. The summed E-state index contributed by atoms with van der Waals surface area (Å²) in [6, 6.07) is 2.77. The Hall–Kier alpha value is -0.810. The molecule has 1 rings (SSSR count). The maximum absolute atomic E-state index is 8.64. The van der Waals surface area contributed by atoms with Gasteiger partial charge in [-0.15, -0.1) is 6.58 Å². The normalized spacial score (nSPS) is 24.9. The molecular weight excluding hydrogens is 124 g/mol. The van der Waals surface area contributed by atoms with Crippen LogP contribution in [0, 0.1) is 17.2 Å². The fourth-order valence-corrected chi connectivity index (χ4v) is 1.01. The highest BCUT2D eigenvalue weighted by Gasteiger charge is 2.29. The SMILES string of the molecule is C=CCCC(C#N)C1CN1. The van der Waals surface area contributed by atoms with Gasteiger partial charge in [0.05, 0.1) is 12.0 Å². The fraction of sp³-hybridized carbons (Fsp3) is 0.625. The first-order valence-electron chi connectivity index (χ1n) is 3.62. The van der Waals surface area contributed by atoms with Crippen molar-refractivity contribution in [1.29, 1.82) is 5.26 Å². The second-order valence-electron chi connectivity index (χ2n) is 2.62. The summed E-state index contributed by atoms with van der Waals surface area (Å²) in [5, 5.41) is 11.8. The third-order valence-corrected chi connectivity index (χ3v) is 1.77. The molecule has 1 fully saturated rings. The van der Waals surface area contributed by atoms with Crippen molar-refractivity contribution >= 4 is 0 Å². The van der Waals surface area contributed by atoms with E-state index in [-0.39, 0.29) is 5.92 Å². The van der Waals surface area contributed by atoms with Gasteiger partial charge in [0.2, 0.25) is 0 Å². The molecule has 1 saturated heterocycles. The van der Waals surface area contributed by atoms with Gasteiger partial charge >= 0.3 is 0 Å². The van der Waals surface area contributed by atoms with Crippen LogP contribution in [0.15, 0.2) is 12.7 Å². The fourth-order valence-electron chi connectivity index (χ4n) is 1.01. The van der Waals surface area contributed by atoms with Crippen molar-refractivity contribution in [3.8, 4) is 6.07 Å². The lowest BCUT2D eigenvalue weighted by molar-refractivity contribution is 0.597. The molecule has 2 nitrogen and oxygen atoms in total. The summed E-state index contributed by atoms with van der Waals surface area (Å²) in [5.74, 6) is 0.206. The smallest absolute Gasteiger partial charge is 0.0672 e. The maximum Gasteiger partial charge on any atom is 0.0672 e. The first-order valence-corrected chi connectivity index (χ1v) is 3.62. The van der Waals surface area contributed by atoms with Gasteiger partial charge in [-0.25, -0.2) is 0 Å². The summed E-state index contributed by atoms with van der Waals surface area (Å²) in [7, 11) is 0. The minimum Gasteiger partial charge on any atom is -0.310 e. The van der Waals surface area contributed by atoms with Crippen LogP contribution in [0.1, 0.15) is 12.8 Å². The highest BCUT2D eigenvalue weighted by atomic mass is 15.1. The third-order valence-electron chi connectivity index (χ3n) is 1.77. The molecule has 0 aromatic heterocycles. The molecule has 2 atom stereocenters. The number of hydrogen-bond donors (Lipinski definition) is 1. The monoisotopic (exact) mass is 136 g/mol. The van der Waals surface area contributed by atoms with E-state index < -0.39 is 0 Å². The third kappa shape index (κ3) is 1.85. The Bertz CT molecular complexity index is 153. The van der Waals surface area contributed by atoms with Gasteiger partial charge in [0.25, 0.3) is 0 Å². The summed E-state index contributed by atoms with van der Waals surface area (Å²) in [5.41, 5.74) is 0. The van der Waals surface area contributed by atoms with Crippen LogP contribution in [0.5, 0.6) is 0 Å². The largest absolute Gasteiger partial charge is 0.310 e. The molecule has 0 spiro atoms. The second kappa shape index (κ2) is 3.38. The van der Waals surface area contributed by atoms with Crippen LogP contribution in [0.3, 0.4) is 0 Å². The standard InChI is InChI=1S/C8H12N2/c1-2-3-4-7(5-9)8-6-10-8/h2,7-8,10H,1,3-4,6H2. The second-order valence-corrected chi connectivity index (χ2v) is 2.62. The lowest BCUT2D eigenvalue weighted by atomic mass is 10.0. The Morgan fingerprint density at radius 2 is 2.60 bits per heavy atom. The van der Waals surface area contributed by atoms with E-state index in [1.165, 1.54) is 0 Å². The Morgan fingerprint density at radius 1 is 1.90 bits per heavy atom. The van der Waals surface area contributed by atoms with Crippen LogP contribution in [0.4, 0.5) is 0 Å². The highest BCUT2D eigenvalue weighted by Crippen LogP contribution is 2.16. The average molecular weight is 136 g/mol. The zero-order valence-corrected chi connectivity index (χ0v) is 6.01. The van der Waals surface area contributed by atoms with E-state index in [1.807, 2.05) is 6.08 Å². The Labute approximate surface area is 61.5 Å². The van der Waals surface area contributed by atoms with Crippen LogP contribution in [0.25, 0.3) is 0 Å². The van der Waals surface area contributed by atoms with Gasteiger partial charge < -0.3 is 5.32 Å².